The first-order chi connectivity index (χ1) is 19.1. The molecular formula is C33H30BrNO4. The maximum atomic E-state index is 9.71. The molecule has 0 unspecified atom stereocenters. The molecule has 39 heavy (non-hydrogen) atoms. The van der Waals surface area contributed by atoms with Crippen LogP contribution >= 0.6 is 15.9 Å². The van der Waals surface area contributed by atoms with Crippen molar-refractivity contribution in [3.8, 4) is 29.1 Å². The van der Waals surface area contributed by atoms with Crippen LogP contribution in [0.3, 0.4) is 0 Å². The van der Waals surface area contributed by atoms with E-state index in [1.54, 1.807) is 0 Å². The average molecular weight is 585 g/mol. The lowest BCUT2D eigenvalue weighted by atomic mass is 10.0. The van der Waals surface area contributed by atoms with Gasteiger partial charge in [0.2, 0.25) is 0 Å². The summed E-state index contributed by atoms with van der Waals surface area (Å²) in [7, 11) is 0. The summed E-state index contributed by atoms with van der Waals surface area (Å²) in [6.45, 7) is 5.69. The minimum Gasteiger partial charge on any atom is -0.490 e. The Morgan fingerprint density at radius 1 is 0.692 bits per heavy atom. The molecule has 0 aliphatic carbocycles. The van der Waals surface area contributed by atoms with E-state index < -0.39 is 0 Å². The minimum atomic E-state index is 0.330. The van der Waals surface area contributed by atoms with Crippen LogP contribution in [0.5, 0.6) is 23.0 Å². The third-order valence-electron chi connectivity index (χ3n) is 5.79. The molecule has 0 saturated heterocycles. The smallest absolute Gasteiger partial charge is 0.161 e. The predicted octanol–water partition coefficient (Wildman–Crippen LogP) is 8.47. The topological polar surface area (TPSA) is 60.7 Å². The lowest BCUT2D eigenvalue weighted by molar-refractivity contribution is 0.261. The van der Waals surface area contributed by atoms with Gasteiger partial charge in [-0.2, -0.15) is 5.26 Å². The van der Waals surface area contributed by atoms with Crippen molar-refractivity contribution >= 4 is 27.6 Å². The monoisotopic (exact) mass is 583 g/mol. The summed E-state index contributed by atoms with van der Waals surface area (Å²) in [6.07, 6.45) is 1.85. The number of nitrogens with zero attached hydrogens (tertiary/aromatic N) is 1. The fourth-order valence-electron chi connectivity index (χ4n) is 3.90. The summed E-state index contributed by atoms with van der Waals surface area (Å²) < 4.78 is 24.9. The number of halogens is 1. The van der Waals surface area contributed by atoms with E-state index in [0.717, 1.165) is 26.7 Å². The van der Waals surface area contributed by atoms with Crippen LogP contribution in [-0.4, -0.2) is 13.2 Å². The minimum absolute atomic E-state index is 0.330. The molecule has 4 aromatic carbocycles. The molecule has 4 aromatic rings. The Bertz CT molecular complexity index is 1440. The standard InChI is InChI=1S/C33H30BrNO4/c1-3-36-32-19-25(18-28(21-35)27-12-14-29(34)15-13-27)10-16-30(32)39-23-26-11-17-31(33(20-26)37-4-2)38-22-24-8-6-5-7-9-24/h5-20H,3-4,22-23H2,1-2H3/b28-18+. The highest BCUT2D eigenvalue weighted by Gasteiger charge is 2.11. The lowest BCUT2D eigenvalue weighted by Crippen LogP contribution is -2.03. The first-order valence-corrected chi connectivity index (χ1v) is 13.6. The molecule has 0 bridgehead atoms. The molecule has 0 atom stereocenters. The first kappa shape index (κ1) is 27.8. The van der Waals surface area contributed by atoms with E-state index >= 15 is 0 Å². The van der Waals surface area contributed by atoms with Crippen molar-refractivity contribution in [2.45, 2.75) is 27.1 Å². The van der Waals surface area contributed by atoms with Crippen molar-refractivity contribution in [3.63, 3.8) is 0 Å². The molecule has 5 nitrogen and oxygen atoms in total. The molecule has 0 aliphatic heterocycles. The molecule has 0 N–H and O–H groups in total. The normalized spacial score (nSPS) is 11.0. The number of hydrogen-bond donors (Lipinski definition) is 0. The second-order valence-electron chi connectivity index (χ2n) is 8.59. The zero-order valence-electron chi connectivity index (χ0n) is 22.0. The number of nitriles is 1. The molecule has 0 radical (unpaired) electrons. The van der Waals surface area contributed by atoms with E-state index in [9.17, 15) is 5.26 Å². The molecule has 0 aromatic heterocycles. The Hall–Kier alpha value is -4.21. The fourth-order valence-corrected chi connectivity index (χ4v) is 4.17. The Labute approximate surface area is 238 Å². The van der Waals surface area contributed by atoms with Crippen LogP contribution in [-0.2, 0) is 13.2 Å². The Balaban J connectivity index is 1.49. The third-order valence-corrected chi connectivity index (χ3v) is 6.32. The Morgan fingerprint density at radius 3 is 1.95 bits per heavy atom. The summed E-state index contributed by atoms with van der Waals surface area (Å²) >= 11 is 3.43. The number of allylic oxidation sites excluding steroid dienone is 1. The van der Waals surface area contributed by atoms with Crippen LogP contribution in [0.2, 0.25) is 0 Å². The van der Waals surface area contributed by atoms with Gasteiger partial charge in [-0.3, -0.25) is 0 Å². The van der Waals surface area contributed by atoms with Gasteiger partial charge >= 0.3 is 0 Å². The zero-order chi connectivity index (χ0) is 27.5. The lowest BCUT2D eigenvalue weighted by Gasteiger charge is -2.15. The number of benzene rings is 4. The highest BCUT2D eigenvalue weighted by atomic mass is 79.9. The van der Waals surface area contributed by atoms with E-state index in [4.69, 9.17) is 18.9 Å². The van der Waals surface area contributed by atoms with Crippen LogP contribution < -0.4 is 18.9 Å². The summed E-state index contributed by atoms with van der Waals surface area (Å²) in [5.74, 6) is 2.61. The molecule has 0 spiro atoms. The van der Waals surface area contributed by atoms with Crippen molar-refractivity contribution in [1.82, 2.24) is 0 Å². The first-order valence-electron chi connectivity index (χ1n) is 12.8. The maximum absolute atomic E-state index is 9.71. The van der Waals surface area contributed by atoms with Crippen LogP contribution in [0.15, 0.2) is 95.5 Å². The van der Waals surface area contributed by atoms with Crippen LogP contribution in [0.1, 0.15) is 36.1 Å². The molecule has 6 heteroatoms. The van der Waals surface area contributed by atoms with E-state index in [2.05, 4.69) is 22.0 Å². The predicted molar refractivity (Wildman–Crippen MR) is 158 cm³/mol. The van der Waals surface area contributed by atoms with Gasteiger partial charge in [-0.15, -0.1) is 0 Å². The van der Waals surface area contributed by atoms with E-state index in [0.29, 0.717) is 55.0 Å². The molecular weight excluding hydrogens is 554 g/mol. The van der Waals surface area contributed by atoms with Gasteiger partial charge in [0.1, 0.15) is 13.2 Å². The fraction of sp³-hybridized carbons (Fsp3) is 0.182. The van der Waals surface area contributed by atoms with Gasteiger partial charge in [0.05, 0.1) is 24.9 Å². The van der Waals surface area contributed by atoms with E-state index in [-0.39, 0.29) is 0 Å². The maximum Gasteiger partial charge on any atom is 0.161 e. The SMILES string of the molecule is CCOc1cc(/C=C(\C#N)c2ccc(Br)cc2)ccc1OCc1ccc(OCc2ccccc2)c(OCC)c1. The van der Waals surface area contributed by atoms with E-state index in [1.165, 1.54) is 0 Å². The van der Waals surface area contributed by atoms with Gasteiger partial charge < -0.3 is 18.9 Å². The highest BCUT2D eigenvalue weighted by molar-refractivity contribution is 9.10. The van der Waals surface area contributed by atoms with Gasteiger partial charge in [0.15, 0.2) is 23.0 Å². The Kier molecular flexibility index (Phi) is 10.0. The number of ether oxygens (including phenoxy) is 4. The molecule has 0 heterocycles. The zero-order valence-corrected chi connectivity index (χ0v) is 23.6. The highest BCUT2D eigenvalue weighted by Crippen LogP contribution is 2.33. The summed E-state index contributed by atoms with van der Waals surface area (Å²) in [4.78, 5) is 0. The summed E-state index contributed by atoms with van der Waals surface area (Å²) in [5, 5.41) is 9.71. The average Bonchev–Trinajstić information content (AvgIpc) is 2.96. The van der Waals surface area contributed by atoms with Crippen molar-refractivity contribution < 1.29 is 18.9 Å². The van der Waals surface area contributed by atoms with Gasteiger partial charge in [0, 0.05) is 4.47 Å². The van der Waals surface area contributed by atoms with Crippen molar-refractivity contribution in [1.29, 1.82) is 5.26 Å². The molecule has 4 rings (SSSR count). The molecule has 0 fully saturated rings. The third kappa shape index (κ3) is 7.89. The van der Waals surface area contributed by atoms with Crippen LogP contribution in [0.4, 0.5) is 0 Å². The van der Waals surface area contributed by atoms with Gasteiger partial charge in [-0.1, -0.05) is 70.5 Å². The van der Waals surface area contributed by atoms with Gasteiger partial charge in [0.25, 0.3) is 0 Å². The van der Waals surface area contributed by atoms with Crippen molar-refractivity contribution in [2.24, 2.45) is 0 Å². The van der Waals surface area contributed by atoms with Gasteiger partial charge in [-0.25, -0.2) is 0 Å². The second-order valence-corrected chi connectivity index (χ2v) is 9.51. The molecule has 0 amide bonds. The quantitative estimate of drug-likeness (QED) is 0.124. The summed E-state index contributed by atoms with van der Waals surface area (Å²) in [5.41, 5.74) is 4.30. The molecule has 0 saturated carbocycles. The largest absolute Gasteiger partial charge is 0.490 e. The number of rotatable bonds is 12. The van der Waals surface area contributed by atoms with Crippen LogP contribution in [0.25, 0.3) is 11.6 Å². The van der Waals surface area contributed by atoms with Gasteiger partial charge in [-0.05, 0) is 78.6 Å². The summed E-state index contributed by atoms with van der Waals surface area (Å²) in [6, 6.07) is 31.5. The second kappa shape index (κ2) is 14.1. The van der Waals surface area contributed by atoms with E-state index in [1.807, 2.05) is 111 Å². The Morgan fingerprint density at radius 2 is 1.31 bits per heavy atom. The van der Waals surface area contributed by atoms with Crippen molar-refractivity contribution in [3.05, 3.63) is 118 Å². The number of hydrogen-bond acceptors (Lipinski definition) is 5. The van der Waals surface area contributed by atoms with Crippen molar-refractivity contribution in [2.75, 3.05) is 13.2 Å². The van der Waals surface area contributed by atoms with Crippen LogP contribution in [0, 0.1) is 11.3 Å². The molecule has 0 aliphatic rings. The molecule has 198 valence electrons.